The van der Waals surface area contributed by atoms with Crippen LogP contribution < -0.4 is 24.0 Å². The monoisotopic (exact) mass is 429 g/mol. The van der Waals surface area contributed by atoms with Crippen LogP contribution in [0.5, 0.6) is 17.2 Å². The summed E-state index contributed by atoms with van der Waals surface area (Å²) in [7, 11) is 4.59. The van der Waals surface area contributed by atoms with Crippen molar-refractivity contribution in [1.29, 1.82) is 0 Å². The molecule has 1 aliphatic rings. The topological polar surface area (TPSA) is 52.4 Å². The van der Waals surface area contributed by atoms with Crippen LogP contribution in [0.4, 0.5) is 10.1 Å². The molecule has 7 heteroatoms. The number of carbonyl (C=O) groups excluding carboxylic acids is 1. The molecule has 1 heterocycles. The Kier molecular flexibility index (Phi) is 7.52. The van der Waals surface area contributed by atoms with Gasteiger partial charge in [0.05, 0.1) is 59.7 Å². The van der Waals surface area contributed by atoms with Crippen molar-refractivity contribution in [2.24, 2.45) is 0 Å². The summed E-state index contributed by atoms with van der Waals surface area (Å²) < 4.78 is 30.7. The van der Waals surface area contributed by atoms with Crippen LogP contribution in [-0.2, 0) is 0 Å². The predicted molar refractivity (Wildman–Crippen MR) is 119 cm³/mol. The van der Waals surface area contributed by atoms with Crippen molar-refractivity contribution in [1.82, 2.24) is 0 Å². The van der Waals surface area contributed by atoms with E-state index in [1.807, 2.05) is 0 Å². The van der Waals surface area contributed by atoms with Gasteiger partial charge in [0.1, 0.15) is 5.82 Å². The fourth-order valence-corrected chi connectivity index (χ4v) is 3.80. The number of anilines is 1. The highest BCUT2D eigenvalue weighted by atomic mass is 19.1. The lowest BCUT2D eigenvalue weighted by molar-refractivity contribution is -0.898. The third-order valence-electron chi connectivity index (χ3n) is 5.66. The van der Waals surface area contributed by atoms with E-state index < -0.39 is 0 Å². The second kappa shape index (κ2) is 10.3. The van der Waals surface area contributed by atoms with Crippen molar-refractivity contribution in [2.45, 2.75) is 6.92 Å². The van der Waals surface area contributed by atoms with Crippen LogP contribution in [0.15, 0.2) is 36.4 Å². The van der Waals surface area contributed by atoms with Crippen LogP contribution in [0, 0.1) is 5.82 Å². The SMILES string of the molecule is CC[NH+]1CCN(c2ccc(C(=O)/C=C/c3cc(OC)c(OC)c(OC)c3)cc2F)CC1. The van der Waals surface area contributed by atoms with Gasteiger partial charge >= 0.3 is 0 Å². The van der Waals surface area contributed by atoms with Crippen molar-refractivity contribution < 1.29 is 28.3 Å². The summed E-state index contributed by atoms with van der Waals surface area (Å²) in [6.07, 6.45) is 3.06. The van der Waals surface area contributed by atoms with E-state index in [0.717, 1.165) is 32.7 Å². The van der Waals surface area contributed by atoms with Gasteiger partial charge in [-0.05, 0) is 48.9 Å². The molecule has 2 aromatic carbocycles. The van der Waals surface area contributed by atoms with Gasteiger partial charge in [0.25, 0.3) is 0 Å². The van der Waals surface area contributed by atoms with E-state index in [1.54, 1.807) is 30.3 Å². The zero-order chi connectivity index (χ0) is 22.4. The van der Waals surface area contributed by atoms with E-state index >= 15 is 0 Å². The molecule has 2 aromatic rings. The van der Waals surface area contributed by atoms with Crippen molar-refractivity contribution in [3.8, 4) is 17.2 Å². The van der Waals surface area contributed by atoms with Crippen LogP contribution in [0.2, 0.25) is 0 Å². The first-order valence-electron chi connectivity index (χ1n) is 10.4. The maximum atomic E-state index is 14.7. The Hall–Kier alpha value is -3.06. The molecule has 0 atom stereocenters. The Morgan fingerprint density at radius 1 is 1.06 bits per heavy atom. The molecular formula is C24H30FN2O4+. The first-order valence-corrected chi connectivity index (χ1v) is 10.4. The van der Waals surface area contributed by atoms with Crippen LogP contribution in [0.1, 0.15) is 22.8 Å². The molecule has 0 saturated carbocycles. The van der Waals surface area contributed by atoms with Gasteiger partial charge in [-0.25, -0.2) is 4.39 Å². The fraction of sp³-hybridized carbons (Fsp3) is 0.375. The van der Waals surface area contributed by atoms with Gasteiger partial charge in [-0.15, -0.1) is 0 Å². The minimum Gasteiger partial charge on any atom is -0.493 e. The average Bonchev–Trinajstić information content (AvgIpc) is 2.81. The number of piperazine rings is 1. The van der Waals surface area contributed by atoms with Gasteiger partial charge in [-0.1, -0.05) is 6.08 Å². The van der Waals surface area contributed by atoms with Gasteiger partial charge in [-0.2, -0.15) is 0 Å². The minimum atomic E-state index is -0.369. The maximum Gasteiger partial charge on any atom is 0.203 e. The summed E-state index contributed by atoms with van der Waals surface area (Å²) >= 11 is 0. The summed E-state index contributed by atoms with van der Waals surface area (Å²) in [6, 6.07) is 8.18. The van der Waals surface area contributed by atoms with Gasteiger partial charge < -0.3 is 24.0 Å². The molecule has 0 radical (unpaired) electrons. The second-order valence-corrected chi connectivity index (χ2v) is 7.41. The third kappa shape index (κ3) is 5.17. The van der Waals surface area contributed by atoms with E-state index in [4.69, 9.17) is 14.2 Å². The predicted octanol–water partition coefficient (Wildman–Crippen LogP) is 2.47. The summed E-state index contributed by atoms with van der Waals surface area (Å²) in [5.74, 6) is 0.822. The quantitative estimate of drug-likeness (QED) is 0.516. The number of rotatable bonds is 8. The molecule has 31 heavy (non-hydrogen) atoms. The number of halogens is 1. The Labute approximate surface area is 182 Å². The number of hydrogen-bond acceptors (Lipinski definition) is 5. The summed E-state index contributed by atoms with van der Waals surface area (Å²) in [5, 5.41) is 0. The molecule has 1 fully saturated rings. The zero-order valence-corrected chi connectivity index (χ0v) is 18.5. The highest BCUT2D eigenvalue weighted by molar-refractivity contribution is 6.07. The minimum absolute atomic E-state index is 0.278. The van der Waals surface area contributed by atoms with E-state index in [1.165, 1.54) is 38.4 Å². The Morgan fingerprint density at radius 2 is 1.71 bits per heavy atom. The molecule has 0 aliphatic carbocycles. The molecule has 0 bridgehead atoms. The number of nitrogens with zero attached hydrogens (tertiary/aromatic N) is 1. The molecule has 166 valence electrons. The highest BCUT2D eigenvalue weighted by Gasteiger charge is 2.21. The molecule has 6 nitrogen and oxygen atoms in total. The fourth-order valence-electron chi connectivity index (χ4n) is 3.80. The standard InChI is InChI=1S/C24H29FN2O4/c1-5-26-10-12-27(13-11-26)20-8-7-18(16-19(20)25)21(28)9-6-17-14-22(29-2)24(31-4)23(15-17)30-3/h6-9,14-16H,5,10-13H2,1-4H3/p+1/b9-6+. The molecule has 3 rings (SSSR count). The number of quaternary nitrogens is 1. The number of carbonyl (C=O) groups is 1. The number of ketones is 1. The molecular weight excluding hydrogens is 399 g/mol. The van der Waals surface area contributed by atoms with Crippen LogP contribution >= 0.6 is 0 Å². The van der Waals surface area contributed by atoms with Crippen molar-refractivity contribution in [3.63, 3.8) is 0 Å². The molecule has 1 saturated heterocycles. The number of allylic oxidation sites excluding steroid dienone is 1. The third-order valence-corrected chi connectivity index (χ3v) is 5.66. The Balaban J connectivity index is 1.75. The number of methoxy groups -OCH3 is 3. The Morgan fingerprint density at radius 3 is 2.23 bits per heavy atom. The summed E-state index contributed by atoms with van der Waals surface area (Å²) in [6.45, 7) is 6.87. The van der Waals surface area contributed by atoms with Gasteiger partial charge in [0.15, 0.2) is 17.3 Å². The first-order chi connectivity index (χ1) is 15.0. The smallest absolute Gasteiger partial charge is 0.203 e. The second-order valence-electron chi connectivity index (χ2n) is 7.41. The van der Waals surface area contributed by atoms with Gasteiger partial charge in [0, 0.05) is 5.56 Å². The van der Waals surface area contributed by atoms with Crippen LogP contribution in [0.25, 0.3) is 6.08 Å². The number of likely N-dealkylation sites (N-methyl/N-ethyl adjacent to an activating group) is 1. The highest BCUT2D eigenvalue weighted by Crippen LogP contribution is 2.38. The molecule has 0 spiro atoms. The van der Waals surface area contributed by atoms with Crippen molar-refractivity contribution in [3.05, 3.63) is 53.4 Å². The van der Waals surface area contributed by atoms with E-state index in [2.05, 4.69) is 11.8 Å². The summed E-state index contributed by atoms with van der Waals surface area (Å²) in [4.78, 5) is 16.2. The zero-order valence-electron chi connectivity index (χ0n) is 18.5. The number of ether oxygens (including phenoxy) is 3. The van der Waals surface area contributed by atoms with E-state index in [-0.39, 0.29) is 11.6 Å². The molecule has 1 N–H and O–H groups in total. The molecule has 1 aliphatic heterocycles. The maximum absolute atomic E-state index is 14.7. The van der Waals surface area contributed by atoms with Crippen LogP contribution in [0.3, 0.4) is 0 Å². The first kappa shape index (κ1) is 22.6. The van der Waals surface area contributed by atoms with E-state index in [9.17, 15) is 9.18 Å². The van der Waals surface area contributed by atoms with Gasteiger partial charge in [-0.3, -0.25) is 4.79 Å². The normalized spacial score (nSPS) is 14.7. The van der Waals surface area contributed by atoms with Crippen molar-refractivity contribution >= 4 is 17.5 Å². The van der Waals surface area contributed by atoms with Gasteiger partial charge in [0.2, 0.25) is 5.75 Å². The molecule has 0 unspecified atom stereocenters. The summed E-state index contributed by atoms with van der Waals surface area (Å²) in [5.41, 5.74) is 1.57. The molecule has 0 aromatic heterocycles. The average molecular weight is 430 g/mol. The van der Waals surface area contributed by atoms with Crippen molar-refractivity contribution in [2.75, 3.05) is 59.0 Å². The van der Waals surface area contributed by atoms with Crippen LogP contribution in [-0.4, -0.2) is 59.8 Å². The lowest BCUT2D eigenvalue weighted by Crippen LogP contribution is -3.14. The van der Waals surface area contributed by atoms with E-state index in [0.29, 0.717) is 34.1 Å². The number of benzene rings is 2. The number of hydrogen-bond donors (Lipinski definition) is 1. The molecule has 0 amide bonds. The lowest BCUT2D eigenvalue weighted by Gasteiger charge is -2.33. The largest absolute Gasteiger partial charge is 0.493 e. The number of nitrogens with one attached hydrogen (secondary N) is 1. The Bertz CT molecular complexity index is 928. The lowest BCUT2D eigenvalue weighted by atomic mass is 10.1.